The summed E-state index contributed by atoms with van der Waals surface area (Å²) in [4.78, 5) is 0. The van der Waals surface area contributed by atoms with E-state index < -0.39 is 0 Å². The van der Waals surface area contributed by atoms with Crippen LogP contribution in [0.2, 0.25) is 0 Å². The van der Waals surface area contributed by atoms with Crippen molar-refractivity contribution in [1.82, 2.24) is 10.6 Å². The summed E-state index contributed by atoms with van der Waals surface area (Å²) in [5, 5.41) is 27.3. The van der Waals surface area contributed by atoms with Gasteiger partial charge in [0.2, 0.25) is 0 Å². The lowest BCUT2D eigenvalue weighted by Crippen LogP contribution is -2.39. The lowest BCUT2D eigenvalue weighted by Gasteiger charge is -2.33. The first kappa shape index (κ1) is 23.2. The van der Waals surface area contributed by atoms with Gasteiger partial charge in [-0.2, -0.15) is 0 Å². The maximum Gasteiger partial charge on any atom is 0.0626 e. The van der Waals surface area contributed by atoms with Crippen LogP contribution in [0.15, 0.2) is 91.0 Å². The number of hydrogen-bond donors (Lipinski definition) is 4. The maximum atomic E-state index is 10.1. The average Bonchev–Trinajstić information content (AvgIpc) is 2.85. The van der Waals surface area contributed by atoms with Crippen molar-refractivity contribution in [2.45, 2.75) is 31.5 Å². The third kappa shape index (κ3) is 6.49. The molecule has 0 aromatic heterocycles. The van der Waals surface area contributed by atoms with Crippen LogP contribution in [0.25, 0.3) is 0 Å². The second-order valence-electron chi connectivity index (χ2n) is 7.92. The third-order valence-electron chi connectivity index (χ3n) is 5.93. The van der Waals surface area contributed by atoms with Crippen LogP contribution in [-0.4, -0.2) is 30.0 Å². The topological polar surface area (TPSA) is 64.5 Å². The predicted octanol–water partition coefficient (Wildman–Crippen LogP) is 4.40. The van der Waals surface area contributed by atoms with Crippen molar-refractivity contribution >= 4 is 0 Å². The average molecular weight is 419 g/mol. The van der Waals surface area contributed by atoms with Crippen LogP contribution in [-0.2, 0) is 0 Å². The SMILES string of the molecule is CC[C@H](CN[C@@H](CO)c1ccccc1)[C@@H](N[C@@H](CO)c1ccccc1)c1ccccc1. The second-order valence-corrected chi connectivity index (χ2v) is 7.92. The van der Waals surface area contributed by atoms with Gasteiger partial charge in [-0.1, -0.05) is 104 Å². The number of rotatable bonds is 12. The van der Waals surface area contributed by atoms with Crippen LogP contribution in [0.1, 0.15) is 48.2 Å². The van der Waals surface area contributed by atoms with Crippen LogP contribution in [0.3, 0.4) is 0 Å². The molecule has 0 fully saturated rings. The van der Waals surface area contributed by atoms with Gasteiger partial charge in [0.05, 0.1) is 25.3 Å². The van der Waals surface area contributed by atoms with Gasteiger partial charge in [0.25, 0.3) is 0 Å². The molecule has 0 aliphatic carbocycles. The van der Waals surface area contributed by atoms with Gasteiger partial charge in [-0.3, -0.25) is 0 Å². The zero-order valence-electron chi connectivity index (χ0n) is 18.2. The summed E-state index contributed by atoms with van der Waals surface area (Å²) in [6.07, 6.45) is 0.958. The molecule has 3 aromatic rings. The summed E-state index contributed by atoms with van der Waals surface area (Å²) in [6.45, 7) is 3.01. The van der Waals surface area contributed by atoms with Crippen LogP contribution in [0.5, 0.6) is 0 Å². The largest absolute Gasteiger partial charge is 0.394 e. The Bertz CT molecular complexity index is 858. The Morgan fingerprint density at radius 2 is 1.10 bits per heavy atom. The Balaban J connectivity index is 1.79. The molecule has 0 saturated heterocycles. The van der Waals surface area contributed by atoms with E-state index >= 15 is 0 Å². The predicted molar refractivity (Wildman–Crippen MR) is 127 cm³/mol. The van der Waals surface area contributed by atoms with Crippen LogP contribution in [0, 0.1) is 5.92 Å². The fourth-order valence-electron chi connectivity index (χ4n) is 4.09. The molecule has 4 N–H and O–H groups in total. The van der Waals surface area contributed by atoms with E-state index in [1.54, 1.807) is 0 Å². The Hall–Kier alpha value is -2.50. The number of aliphatic hydroxyl groups is 2. The van der Waals surface area contributed by atoms with Gasteiger partial charge in [0, 0.05) is 12.6 Å². The standard InChI is InChI=1S/C27H34N2O2/c1-2-21(18-28-25(19-30)22-12-6-3-7-13-22)27(24-16-10-5-11-17-24)29-26(20-31)23-14-8-4-9-15-23/h3-17,21,25-31H,2,18-20H2,1H3/t21-,25+,26+,27-/m1/s1. The van der Waals surface area contributed by atoms with Gasteiger partial charge < -0.3 is 20.8 Å². The lowest BCUT2D eigenvalue weighted by molar-refractivity contribution is 0.202. The third-order valence-corrected chi connectivity index (χ3v) is 5.93. The Morgan fingerprint density at radius 3 is 1.55 bits per heavy atom. The first-order valence-corrected chi connectivity index (χ1v) is 11.1. The highest BCUT2D eigenvalue weighted by molar-refractivity contribution is 5.24. The molecule has 164 valence electrons. The minimum Gasteiger partial charge on any atom is -0.394 e. The van der Waals surface area contributed by atoms with Crippen molar-refractivity contribution in [1.29, 1.82) is 0 Å². The van der Waals surface area contributed by atoms with Crippen molar-refractivity contribution in [3.8, 4) is 0 Å². The van der Waals surface area contributed by atoms with E-state index in [4.69, 9.17) is 0 Å². The molecule has 3 rings (SSSR count). The Kier molecular flexibility index (Phi) is 9.25. The smallest absolute Gasteiger partial charge is 0.0626 e. The molecular formula is C27H34N2O2. The summed E-state index contributed by atoms with van der Waals surface area (Å²) in [5.74, 6) is 0.276. The maximum absolute atomic E-state index is 10.1. The van der Waals surface area contributed by atoms with Crippen molar-refractivity contribution in [3.05, 3.63) is 108 Å². The van der Waals surface area contributed by atoms with E-state index in [2.05, 4.69) is 41.8 Å². The van der Waals surface area contributed by atoms with Crippen molar-refractivity contribution in [2.75, 3.05) is 19.8 Å². The molecule has 0 spiro atoms. The molecule has 0 unspecified atom stereocenters. The van der Waals surface area contributed by atoms with Gasteiger partial charge in [-0.05, 0) is 22.6 Å². The molecule has 4 atom stereocenters. The number of benzene rings is 3. The highest BCUT2D eigenvalue weighted by atomic mass is 16.3. The fourth-order valence-corrected chi connectivity index (χ4v) is 4.09. The minimum absolute atomic E-state index is 0.0283. The van der Waals surface area contributed by atoms with Gasteiger partial charge in [-0.25, -0.2) is 0 Å². The minimum atomic E-state index is -0.150. The Labute approximate surface area is 186 Å². The molecular weight excluding hydrogens is 384 g/mol. The van der Waals surface area contributed by atoms with Gasteiger partial charge >= 0.3 is 0 Å². The first-order chi connectivity index (χ1) is 15.3. The van der Waals surface area contributed by atoms with Crippen molar-refractivity contribution < 1.29 is 10.2 Å². The summed E-state index contributed by atoms with van der Waals surface area (Å²) in [5.41, 5.74) is 3.36. The van der Waals surface area contributed by atoms with Gasteiger partial charge in [0.15, 0.2) is 0 Å². The van der Waals surface area contributed by atoms with E-state index in [0.717, 1.165) is 24.1 Å². The van der Waals surface area contributed by atoms with E-state index in [1.807, 2.05) is 66.7 Å². The zero-order chi connectivity index (χ0) is 21.9. The first-order valence-electron chi connectivity index (χ1n) is 11.1. The highest BCUT2D eigenvalue weighted by Gasteiger charge is 2.26. The molecule has 0 aliphatic rings. The molecule has 0 bridgehead atoms. The summed E-state index contributed by atoms with van der Waals surface area (Å²) < 4.78 is 0. The summed E-state index contributed by atoms with van der Waals surface area (Å²) in [7, 11) is 0. The van der Waals surface area contributed by atoms with Gasteiger partial charge in [0.1, 0.15) is 0 Å². The highest BCUT2D eigenvalue weighted by Crippen LogP contribution is 2.28. The van der Waals surface area contributed by atoms with E-state index in [-0.39, 0.29) is 37.3 Å². The molecule has 3 aromatic carbocycles. The summed E-state index contributed by atoms with van der Waals surface area (Å²) >= 11 is 0. The molecule has 0 saturated carbocycles. The molecule has 4 heteroatoms. The molecule has 0 amide bonds. The van der Waals surface area contributed by atoms with E-state index in [9.17, 15) is 10.2 Å². The van der Waals surface area contributed by atoms with Crippen molar-refractivity contribution in [2.24, 2.45) is 5.92 Å². The van der Waals surface area contributed by atoms with Crippen LogP contribution < -0.4 is 10.6 Å². The molecule has 4 nitrogen and oxygen atoms in total. The molecule has 0 radical (unpaired) electrons. The van der Waals surface area contributed by atoms with E-state index in [1.165, 1.54) is 5.56 Å². The zero-order valence-corrected chi connectivity index (χ0v) is 18.2. The fraction of sp³-hybridized carbons (Fsp3) is 0.333. The Morgan fingerprint density at radius 1 is 0.645 bits per heavy atom. The van der Waals surface area contributed by atoms with E-state index in [0.29, 0.717) is 0 Å². The normalized spacial score (nSPS) is 15.2. The van der Waals surface area contributed by atoms with Crippen molar-refractivity contribution in [3.63, 3.8) is 0 Å². The summed E-state index contributed by atoms with van der Waals surface area (Å²) in [6, 6.07) is 30.4. The number of aliphatic hydroxyl groups excluding tert-OH is 2. The van der Waals surface area contributed by atoms with Crippen LogP contribution in [0.4, 0.5) is 0 Å². The molecule has 0 aliphatic heterocycles. The number of hydrogen-bond acceptors (Lipinski definition) is 4. The molecule has 0 heterocycles. The quantitative estimate of drug-likeness (QED) is 0.352. The molecule has 31 heavy (non-hydrogen) atoms. The monoisotopic (exact) mass is 418 g/mol. The van der Waals surface area contributed by atoms with Crippen LogP contribution >= 0.6 is 0 Å². The lowest BCUT2D eigenvalue weighted by atomic mass is 9.89. The second kappa shape index (κ2) is 12.4. The van der Waals surface area contributed by atoms with Gasteiger partial charge in [-0.15, -0.1) is 0 Å². The number of nitrogens with one attached hydrogen (secondary N) is 2.